The summed E-state index contributed by atoms with van der Waals surface area (Å²) in [4.78, 5) is 10.0. The zero-order valence-corrected chi connectivity index (χ0v) is 10.7. The summed E-state index contributed by atoms with van der Waals surface area (Å²) in [5.41, 5.74) is 0. The molecule has 0 aliphatic heterocycles. The van der Waals surface area contributed by atoms with Crippen LogP contribution in [0.5, 0.6) is 0 Å². The molecular formula is C8H11NaO3S. The van der Waals surface area contributed by atoms with Gasteiger partial charge in [-0.3, -0.25) is 0 Å². The summed E-state index contributed by atoms with van der Waals surface area (Å²) in [6, 6.07) is 9.96. The van der Waals surface area contributed by atoms with Crippen LogP contribution in [0.3, 0.4) is 0 Å². The van der Waals surface area contributed by atoms with Crippen molar-refractivity contribution in [2.75, 3.05) is 0 Å². The molecule has 0 aliphatic rings. The predicted molar refractivity (Wildman–Crippen MR) is 47.5 cm³/mol. The van der Waals surface area contributed by atoms with E-state index in [-0.39, 0.29) is 35.0 Å². The number of hydrogen-bond donors (Lipinski definition) is 0. The summed E-state index contributed by atoms with van der Waals surface area (Å²) in [5.74, 6) is -1.08. The van der Waals surface area contributed by atoms with Gasteiger partial charge < -0.3 is 15.4 Å². The van der Waals surface area contributed by atoms with E-state index in [9.17, 15) is 0 Å². The van der Waals surface area contributed by atoms with Gasteiger partial charge >= 0.3 is 29.6 Å². The first-order valence-electron chi connectivity index (χ1n) is 3.07. The minimum absolute atomic E-state index is 0. The maximum Gasteiger partial charge on any atom is 1.00 e. The third-order valence-electron chi connectivity index (χ3n) is 0.774. The summed E-state index contributed by atoms with van der Waals surface area (Å²) in [6.45, 7) is 0.972. The standard InChI is InChI=1S/C6H6S.C2H4O2.Na.H2O/c7-6-4-2-1-3-5-6;1-2(3)4;;/h1-5,7H;1H3,(H,3,4);;1H2/q;;+1;/p-1. The smallest absolute Gasteiger partial charge is 0.870 e. The Kier molecular flexibility index (Phi) is 17.3. The van der Waals surface area contributed by atoms with Gasteiger partial charge in [-0.15, -0.1) is 0 Å². The van der Waals surface area contributed by atoms with E-state index in [1.54, 1.807) is 0 Å². The van der Waals surface area contributed by atoms with Crippen molar-refractivity contribution in [1.29, 1.82) is 0 Å². The average Bonchev–Trinajstić information content (AvgIpc) is 1.87. The number of benzene rings is 1. The molecule has 1 rings (SSSR count). The molecule has 0 radical (unpaired) electrons. The van der Waals surface area contributed by atoms with Gasteiger partial charge in [0.15, 0.2) is 0 Å². The van der Waals surface area contributed by atoms with Crippen LogP contribution in [0.2, 0.25) is 0 Å². The van der Waals surface area contributed by atoms with Crippen LogP contribution < -0.4 is 34.7 Å². The van der Waals surface area contributed by atoms with Crippen molar-refractivity contribution in [3.63, 3.8) is 0 Å². The van der Waals surface area contributed by atoms with Gasteiger partial charge in [-0.2, -0.15) is 0 Å². The van der Waals surface area contributed by atoms with E-state index in [0.717, 1.165) is 11.8 Å². The third kappa shape index (κ3) is 18.8. The van der Waals surface area contributed by atoms with E-state index in [0.29, 0.717) is 0 Å². The topological polar surface area (TPSA) is 70.1 Å². The number of carboxylic acid groups (broad SMARTS) is 1. The fourth-order valence-corrected chi connectivity index (χ4v) is 0.631. The summed E-state index contributed by atoms with van der Waals surface area (Å²) in [6.07, 6.45) is 0. The Balaban J connectivity index is -0.000000150. The number of carboxylic acids is 1. The van der Waals surface area contributed by atoms with Gasteiger partial charge in [-0.1, -0.05) is 18.2 Å². The predicted octanol–water partition coefficient (Wildman–Crippen LogP) is -3.36. The SMILES string of the molecule is CC(=O)[O-].[Na+].[OH-].[SH2+]c1ccccc1. The van der Waals surface area contributed by atoms with Crippen LogP contribution in [-0.2, 0) is 17.4 Å². The number of carbonyl (C=O) groups excluding carboxylic acids is 1. The Morgan fingerprint density at radius 2 is 1.62 bits per heavy atom. The van der Waals surface area contributed by atoms with Crippen LogP contribution in [0.15, 0.2) is 35.2 Å². The Hall–Kier alpha value is 0. The van der Waals surface area contributed by atoms with Crippen molar-refractivity contribution in [3.05, 3.63) is 30.3 Å². The maximum absolute atomic E-state index is 8.89. The zero-order chi connectivity index (χ0) is 8.69. The largest absolute Gasteiger partial charge is 1.00 e. The van der Waals surface area contributed by atoms with Gasteiger partial charge in [0, 0.05) is 5.97 Å². The number of hydrogen-bond acceptors (Lipinski definition) is 3. The monoisotopic (exact) mass is 210 g/mol. The molecule has 0 amide bonds. The molecule has 5 heteroatoms. The molecule has 0 saturated carbocycles. The summed E-state index contributed by atoms with van der Waals surface area (Å²) in [7, 11) is 0. The first kappa shape index (κ1) is 18.7. The van der Waals surface area contributed by atoms with E-state index in [1.165, 1.54) is 0 Å². The molecule has 0 unspecified atom stereocenters. The minimum atomic E-state index is -1.08. The van der Waals surface area contributed by atoms with Crippen molar-refractivity contribution in [2.45, 2.75) is 11.8 Å². The molecule has 1 N–H and O–H groups in total. The Morgan fingerprint density at radius 3 is 1.77 bits per heavy atom. The molecule has 0 bridgehead atoms. The zero-order valence-electron chi connectivity index (χ0n) is 7.65. The fourth-order valence-electron chi connectivity index (χ4n) is 0.438. The molecule has 1 aromatic rings. The molecule has 0 aliphatic carbocycles. The van der Waals surface area contributed by atoms with Gasteiger partial charge in [-0.25, -0.2) is 0 Å². The number of rotatable bonds is 0. The maximum atomic E-state index is 8.89. The van der Waals surface area contributed by atoms with Crippen molar-refractivity contribution >= 4 is 18.6 Å². The van der Waals surface area contributed by atoms with Crippen LogP contribution in [-0.4, -0.2) is 11.4 Å². The first-order valence-corrected chi connectivity index (χ1v) is 3.57. The van der Waals surface area contributed by atoms with Crippen molar-refractivity contribution < 1.29 is 44.9 Å². The summed E-state index contributed by atoms with van der Waals surface area (Å²) >= 11 is 3.36. The van der Waals surface area contributed by atoms with Crippen molar-refractivity contribution in [1.82, 2.24) is 0 Å². The van der Waals surface area contributed by atoms with Crippen molar-refractivity contribution in [2.24, 2.45) is 0 Å². The summed E-state index contributed by atoms with van der Waals surface area (Å²) in [5, 5.41) is 8.89. The van der Waals surface area contributed by atoms with E-state index < -0.39 is 5.97 Å². The molecule has 0 heterocycles. The number of aliphatic carboxylic acids is 1. The van der Waals surface area contributed by atoms with Gasteiger partial charge in [0.2, 0.25) is 0 Å². The Labute approximate surface area is 105 Å². The molecule has 68 valence electrons. The number of carbonyl (C=O) groups is 1. The second kappa shape index (κ2) is 12.0. The third-order valence-corrected chi connectivity index (χ3v) is 1.11. The van der Waals surface area contributed by atoms with E-state index in [2.05, 4.69) is 12.6 Å². The summed E-state index contributed by atoms with van der Waals surface area (Å²) < 4.78 is 0. The minimum Gasteiger partial charge on any atom is -0.870 e. The van der Waals surface area contributed by atoms with E-state index >= 15 is 0 Å². The fraction of sp³-hybridized carbons (Fsp3) is 0.125. The second-order valence-corrected chi connectivity index (χ2v) is 2.43. The van der Waals surface area contributed by atoms with Gasteiger partial charge in [0.1, 0.15) is 4.90 Å². The molecule has 0 fully saturated rings. The molecule has 13 heavy (non-hydrogen) atoms. The molecular weight excluding hydrogens is 199 g/mol. The Morgan fingerprint density at radius 1 is 1.31 bits per heavy atom. The van der Waals surface area contributed by atoms with Crippen LogP contribution >= 0.6 is 0 Å². The van der Waals surface area contributed by atoms with Crippen LogP contribution in [0.4, 0.5) is 0 Å². The van der Waals surface area contributed by atoms with Gasteiger partial charge in [0.05, 0.1) is 0 Å². The normalized spacial score (nSPS) is 6.62. The van der Waals surface area contributed by atoms with Gasteiger partial charge in [-0.05, 0) is 31.7 Å². The molecule has 0 atom stereocenters. The van der Waals surface area contributed by atoms with Crippen molar-refractivity contribution in [3.8, 4) is 0 Å². The molecule has 3 nitrogen and oxygen atoms in total. The molecule has 0 aromatic heterocycles. The molecule has 0 saturated heterocycles. The van der Waals surface area contributed by atoms with E-state index in [4.69, 9.17) is 9.90 Å². The van der Waals surface area contributed by atoms with Crippen LogP contribution in [0.25, 0.3) is 0 Å². The first-order chi connectivity index (χ1) is 5.13. The quantitative estimate of drug-likeness (QED) is 0.332. The second-order valence-electron chi connectivity index (χ2n) is 1.86. The Bertz CT molecular complexity index is 212. The van der Waals surface area contributed by atoms with Gasteiger partial charge in [0.25, 0.3) is 0 Å². The average molecular weight is 210 g/mol. The van der Waals surface area contributed by atoms with Crippen LogP contribution in [0, 0.1) is 0 Å². The van der Waals surface area contributed by atoms with Crippen LogP contribution in [0.1, 0.15) is 6.92 Å². The molecule has 0 spiro atoms. The van der Waals surface area contributed by atoms with E-state index in [1.807, 2.05) is 30.3 Å². The molecule has 1 aromatic carbocycles.